The van der Waals surface area contributed by atoms with Crippen molar-refractivity contribution in [2.45, 2.75) is 76.3 Å². The number of nitrogens with zero attached hydrogens (tertiary/aromatic N) is 1. The van der Waals surface area contributed by atoms with Crippen molar-refractivity contribution >= 4 is 11.5 Å². The number of allylic oxidation sites excluding steroid dienone is 1. The van der Waals surface area contributed by atoms with Crippen LogP contribution in [-0.4, -0.2) is 36.0 Å². The SMILES string of the molecule is CC(C)NC(=O)C1=CCC2(CCN(C3C[C@@H]4CC[C@@H]3C4)CC2)c2ccccc21. The molecule has 1 saturated heterocycles. The fraction of sp³-hybridized carbons (Fsp3) is 0.640. The summed E-state index contributed by atoms with van der Waals surface area (Å²) < 4.78 is 0. The zero-order valence-electron chi connectivity index (χ0n) is 17.4. The average Bonchev–Trinajstić information content (AvgIpc) is 3.32. The van der Waals surface area contributed by atoms with Crippen LogP contribution in [0.2, 0.25) is 0 Å². The Hall–Kier alpha value is -1.61. The highest BCUT2D eigenvalue weighted by molar-refractivity contribution is 6.20. The number of hydrogen-bond donors (Lipinski definition) is 1. The van der Waals surface area contributed by atoms with Crippen molar-refractivity contribution in [3.63, 3.8) is 0 Å². The van der Waals surface area contributed by atoms with E-state index in [9.17, 15) is 4.79 Å². The Balaban J connectivity index is 1.36. The topological polar surface area (TPSA) is 32.3 Å². The van der Waals surface area contributed by atoms with E-state index in [0.29, 0.717) is 0 Å². The van der Waals surface area contributed by atoms with Gasteiger partial charge in [0, 0.05) is 23.1 Å². The number of benzene rings is 1. The van der Waals surface area contributed by atoms with Gasteiger partial charge in [-0.2, -0.15) is 0 Å². The first-order chi connectivity index (χ1) is 13.6. The molecule has 4 aliphatic rings. The zero-order valence-corrected chi connectivity index (χ0v) is 17.4. The maximum atomic E-state index is 12.8. The third kappa shape index (κ3) is 3.03. The number of nitrogens with one attached hydrogen (secondary N) is 1. The van der Waals surface area contributed by atoms with Crippen molar-refractivity contribution in [2.75, 3.05) is 13.1 Å². The first-order valence-electron chi connectivity index (χ1n) is 11.4. The van der Waals surface area contributed by atoms with Crippen LogP contribution in [-0.2, 0) is 10.2 Å². The number of amides is 1. The van der Waals surface area contributed by atoms with E-state index in [4.69, 9.17) is 0 Å². The van der Waals surface area contributed by atoms with Gasteiger partial charge in [-0.05, 0) is 88.4 Å². The first-order valence-corrected chi connectivity index (χ1v) is 11.4. The predicted octanol–water partition coefficient (Wildman–Crippen LogP) is 4.52. The Morgan fingerprint density at radius 2 is 1.93 bits per heavy atom. The molecule has 3 aliphatic carbocycles. The van der Waals surface area contributed by atoms with Gasteiger partial charge in [-0.3, -0.25) is 4.79 Å². The molecule has 1 aromatic rings. The summed E-state index contributed by atoms with van der Waals surface area (Å²) in [5, 5.41) is 3.09. The Bertz CT molecular complexity index is 787. The smallest absolute Gasteiger partial charge is 0.251 e. The van der Waals surface area contributed by atoms with Crippen molar-refractivity contribution in [1.82, 2.24) is 10.2 Å². The molecule has 0 radical (unpaired) electrons. The number of rotatable bonds is 3. The Morgan fingerprint density at radius 3 is 2.61 bits per heavy atom. The lowest BCUT2D eigenvalue weighted by atomic mass is 9.65. The number of fused-ring (bicyclic) bond motifs is 4. The van der Waals surface area contributed by atoms with Crippen molar-refractivity contribution in [2.24, 2.45) is 11.8 Å². The second-order valence-corrected chi connectivity index (χ2v) is 10.1. The lowest BCUT2D eigenvalue weighted by molar-refractivity contribution is -0.116. The molecule has 1 spiro atoms. The van der Waals surface area contributed by atoms with E-state index in [-0.39, 0.29) is 17.4 Å². The summed E-state index contributed by atoms with van der Waals surface area (Å²) in [5.74, 6) is 2.08. The molecule has 28 heavy (non-hydrogen) atoms. The molecule has 0 aromatic heterocycles. The number of hydrogen-bond acceptors (Lipinski definition) is 2. The molecule has 1 N–H and O–H groups in total. The Morgan fingerprint density at radius 1 is 1.14 bits per heavy atom. The monoisotopic (exact) mass is 378 g/mol. The van der Waals surface area contributed by atoms with Crippen LogP contribution in [0.25, 0.3) is 5.57 Å². The highest BCUT2D eigenvalue weighted by atomic mass is 16.1. The van der Waals surface area contributed by atoms with Gasteiger partial charge in [-0.15, -0.1) is 0 Å². The van der Waals surface area contributed by atoms with E-state index in [1.807, 2.05) is 13.8 Å². The summed E-state index contributed by atoms with van der Waals surface area (Å²) in [6, 6.07) is 9.71. The van der Waals surface area contributed by atoms with E-state index >= 15 is 0 Å². The number of carbonyl (C=O) groups excluding carboxylic acids is 1. The molecular weight excluding hydrogens is 344 g/mol. The van der Waals surface area contributed by atoms with Crippen LogP contribution in [0.1, 0.15) is 69.9 Å². The van der Waals surface area contributed by atoms with E-state index in [1.165, 1.54) is 62.7 Å². The van der Waals surface area contributed by atoms with Gasteiger partial charge in [-0.1, -0.05) is 36.8 Å². The quantitative estimate of drug-likeness (QED) is 0.839. The maximum absolute atomic E-state index is 12.8. The summed E-state index contributed by atoms with van der Waals surface area (Å²) in [6.07, 6.45) is 11.6. The van der Waals surface area contributed by atoms with Gasteiger partial charge in [-0.25, -0.2) is 0 Å². The summed E-state index contributed by atoms with van der Waals surface area (Å²) in [4.78, 5) is 15.6. The molecule has 1 aromatic carbocycles. The van der Waals surface area contributed by atoms with Crippen LogP contribution in [0, 0.1) is 11.8 Å². The standard InChI is InChI=1S/C25H34N2O/c1-17(2)26-24(28)21-9-10-25(22-6-4-3-5-20(21)22)11-13-27(14-12-25)23-16-18-7-8-19(23)15-18/h3-6,9,17-19,23H,7-8,10-16H2,1-2H3,(H,26,28)/t18-,19-,23?/m1/s1. The molecule has 1 heterocycles. The second kappa shape index (κ2) is 7.02. The maximum Gasteiger partial charge on any atom is 0.251 e. The van der Waals surface area contributed by atoms with Crippen molar-refractivity contribution in [3.8, 4) is 0 Å². The molecule has 2 saturated carbocycles. The summed E-state index contributed by atoms with van der Waals surface area (Å²) in [7, 11) is 0. The minimum Gasteiger partial charge on any atom is -0.350 e. The van der Waals surface area contributed by atoms with Crippen molar-refractivity contribution < 1.29 is 4.79 Å². The highest BCUT2D eigenvalue weighted by Crippen LogP contribution is 2.50. The van der Waals surface area contributed by atoms with E-state index in [0.717, 1.165) is 29.9 Å². The Labute approximate surface area is 169 Å². The number of carbonyl (C=O) groups is 1. The van der Waals surface area contributed by atoms with E-state index in [2.05, 4.69) is 40.6 Å². The third-order valence-corrected chi connectivity index (χ3v) is 8.07. The highest BCUT2D eigenvalue weighted by Gasteiger charge is 2.46. The molecule has 2 bridgehead atoms. The third-order valence-electron chi connectivity index (χ3n) is 8.07. The molecule has 3 atom stereocenters. The molecule has 5 rings (SSSR count). The Kier molecular flexibility index (Phi) is 4.62. The lowest BCUT2D eigenvalue weighted by Gasteiger charge is -2.47. The van der Waals surface area contributed by atoms with Gasteiger partial charge < -0.3 is 10.2 Å². The minimum atomic E-state index is 0.0803. The fourth-order valence-corrected chi connectivity index (χ4v) is 6.67. The zero-order chi connectivity index (χ0) is 19.3. The summed E-state index contributed by atoms with van der Waals surface area (Å²) >= 11 is 0. The minimum absolute atomic E-state index is 0.0803. The van der Waals surface area contributed by atoms with Gasteiger partial charge in [0.25, 0.3) is 5.91 Å². The van der Waals surface area contributed by atoms with Crippen LogP contribution >= 0.6 is 0 Å². The largest absolute Gasteiger partial charge is 0.350 e. The lowest BCUT2D eigenvalue weighted by Crippen LogP contribution is -2.49. The van der Waals surface area contributed by atoms with Crippen LogP contribution in [0.3, 0.4) is 0 Å². The fourth-order valence-electron chi connectivity index (χ4n) is 6.67. The molecule has 3 heteroatoms. The normalized spacial score (nSPS) is 31.1. The molecule has 1 amide bonds. The van der Waals surface area contributed by atoms with Gasteiger partial charge in [0.15, 0.2) is 0 Å². The molecule has 3 fully saturated rings. The van der Waals surface area contributed by atoms with Gasteiger partial charge in [0.05, 0.1) is 0 Å². The molecule has 150 valence electrons. The van der Waals surface area contributed by atoms with Gasteiger partial charge >= 0.3 is 0 Å². The summed E-state index contributed by atoms with van der Waals surface area (Å²) in [5.41, 5.74) is 3.69. The van der Waals surface area contributed by atoms with Crippen molar-refractivity contribution in [3.05, 3.63) is 41.5 Å². The molecule has 1 aliphatic heterocycles. The number of piperidine rings is 1. The molecule has 1 unspecified atom stereocenters. The van der Waals surface area contributed by atoms with E-state index < -0.39 is 0 Å². The first kappa shape index (κ1) is 18.4. The van der Waals surface area contributed by atoms with Gasteiger partial charge in [0.1, 0.15) is 0 Å². The predicted molar refractivity (Wildman–Crippen MR) is 114 cm³/mol. The molecular formula is C25H34N2O. The summed E-state index contributed by atoms with van der Waals surface area (Å²) in [6.45, 7) is 6.51. The second-order valence-electron chi connectivity index (χ2n) is 10.1. The van der Waals surface area contributed by atoms with Crippen molar-refractivity contribution in [1.29, 1.82) is 0 Å². The average molecular weight is 379 g/mol. The van der Waals surface area contributed by atoms with Gasteiger partial charge in [0.2, 0.25) is 0 Å². The van der Waals surface area contributed by atoms with Crippen LogP contribution in [0.15, 0.2) is 30.3 Å². The van der Waals surface area contributed by atoms with Crippen LogP contribution in [0.4, 0.5) is 0 Å². The molecule has 3 nitrogen and oxygen atoms in total. The van der Waals surface area contributed by atoms with E-state index in [1.54, 1.807) is 0 Å². The van der Waals surface area contributed by atoms with Crippen LogP contribution in [0.5, 0.6) is 0 Å². The number of likely N-dealkylation sites (tertiary alicyclic amines) is 1. The van der Waals surface area contributed by atoms with Crippen LogP contribution < -0.4 is 5.32 Å².